The van der Waals surface area contributed by atoms with E-state index in [2.05, 4.69) is 10.6 Å². The molecular formula is C34H46N4O6. The molecule has 10 nitrogen and oxygen atoms in total. The second-order valence-electron chi connectivity index (χ2n) is 13.5. The SMILES string of the molecule is CC(C)(C)OC(=O)N1CCC[C@H]1C(=O)N[C@@H](c1ccccc1)[C@@H](NC(=O)[C@@H]1CCCN1C(=O)OC(C)(C)C)c1ccccc1. The van der Waals surface area contributed by atoms with Crippen molar-refractivity contribution in [2.75, 3.05) is 13.1 Å². The summed E-state index contributed by atoms with van der Waals surface area (Å²) in [5, 5.41) is 6.35. The van der Waals surface area contributed by atoms with Gasteiger partial charge in [-0.2, -0.15) is 0 Å². The Morgan fingerprint density at radius 3 is 1.30 bits per heavy atom. The van der Waals surface area contributed by atoms with Gasteiger partial charge in [0.2, 0.25) is 11.8 Å². The number of hydrogen-bond acceptors (Lipinski definition) is 6. The number of amides is 4. The second-order valence-corrected chi connectivity index (χ2v) is 13.5. The molecule has 0 radical (unpaired) electrons. The van der Waals surface area contributed by atoms with Crippen LogP contribution in [-0.4, -0.2) is 70.2 Å². The summed E-state index contributed by atoms with van der Waals surface area (Å²) in [6.45, 7) is 11.6. The fourth-order valence-electron chi connectivity index (χ4n) is 5.69. The van der Waals surface area contributed by atoms with Crippen LogP contribution in [0.15, 0.2) is 60.7 Å². The molecule has 2 aliphatic rings. The van der Waals surface area contributed by atoms with Crippen LogP contribution in [0.3, 0.4) is 0 Å². The van der Waals surface area contributed by atoms with E-state index in [0.717, 1.165) is 11.1 Å². The van der Waals surface area contributed by atoms with E-state index in [-0.39, 0.29) is 11.8 Å². The Kier molecular flexibility index (Phi) is 10.2. The third-order valence-corrected chi connectivity index (χ3v) is 7.61. The van der Waals surface area contributed by atoms with Crippen molar-refractivity contribution in [3.8, 4) is 0 Å². The molecule has 4 atom stereocenters. The monoisotopic (exact) mass is 606 g/mol. The van der Waals surface area contributed by atoms with Crippen molar-refractivity contribution < 1.29 is 28.7 Å². The standard InChI is InChI=1S/C34H46N4O6/c1-33(2,3)43-31(41)37-21-13-19-25(37)29(39)35-27(23-15-9-7-10-16-23)28(24-17-11-8-12-18-24)36-30(40)26-20-14-22-38(26)32(42)44-34(4,5)6/h7-12,15-18,25-28H,13-14,19-22H2,1-6H3,(H,35,39)(H,36,40)/t25-,26-,27-,28-/m0/s1. The van der Waals surface area contributed by atoms with Crippen LogP contribution in [-0.2, 0) is 19.1 Å². The second kappa shape index (κ2) is 13.7. The van der Waals surface area contributed by atoms with Gasteiger partial charge in [0.1, 0.15) is 23.3 Å². The molecule has 2 N–H and O–H groups in total. The highest BCUT2D eigenvalue weighted by atomic mass is 16.6. The normalized spacial score (nSPS) is 20.0. The van der Waals surface area contributed by atoms with Crippen LogP contribution in [0, 0.1) is 0 Å². The summed E-state index contributed by atoms with van der Waals surface area (Å²) >= 11 is 0. The Bertz CT molecular complexity index is 1200. The molecule has 2 heterocycles. The van der Waals surface area contributed by atoms with Gasteiger partial charge in [-0.25, -0.2) is 9.59 Å². The molecule has 0 bridgehead atoms. The first-order valence-corrected chi connectivity index (χ1v) is 15.4. The minimum atomic E-state index is -0.708. The largest absolute Gasteiger partial charge is 0.444 e. The molecule has 2 aliphatic heterocycles. The summed E-state index contributed by atoms with van der Waals surface area (Å²) in [7, 11) is 0. The molecule has 10 heteroatoms. The van der Waals surface area contributed by atoms with Crippen LogP contribution in [0.4, 0.5) is 9.59 Å². The van der Waals surface area contributed by atoms with Gasteiger partial charge in [0.15, 0.2) is 0 Å². The number of carbonyl (C=O) groups excluding carboxylic acids is 4. The molecule has 0 aliphatic carbocycles. The van der Waals surface area contributed by atoms with E-state index in [9.17, 15) is 19.2 Å². The zero-order valence-electron chi connectivity index (χ0n) is 26.7. The Labute approximate surface area is 260 Å². The van der Waals surface area contributed by atoms with Crippen molar-refractivity contribution in [3.63, 3.8) is 0 Å². The van der Waals surface area contributed by atoms with Gasteiger partial charge in [0.05, 0.1) is 12.1 Å². The number of rotatable bonds is 7. The summed E-state index contributed by atoms with van der Waals surface area (Å²) in [6.07, 6.45) is 1.30. The fourth-order valence-corrected chi connectivity index (χ4v) is 5.69. The van der Waals surface area contributed by atoms with Crippen molar-refractivity contribution >= 4 is 24.0 Å². The van der Waals surface area contributed by atoms with E-state index >= 15 is 0 Å². The molecule has 44 heavy (non-hydrogen) atoms. The minimum Gasteiger partial charge on any atom is -0.444 e. The lowest BCUT2D eigenvalue weighted by Crippen LogP contribution is -2.52. The molecule has 0 unspecified atom stereocenters. The Balaban J connectivity index is 1.63. The average molecular weight is 607 g/mol. The lowest BCUT2D eigenvalue weighted by atomic mass is 9.92. The smallest absolute Gasteiger partial charge is 0.410 e. The van der Waals surface area contributed by atoms with Gasteiger partial charge in [-0.3, -0.25) is 19.4 Å². The highest BCUT2D eigenvalue weighted by Crippen LogP contribution is 2.32. The number of likely N-dealkylation sites (tertiary alicyclic amines) is 2. The van der Waals surface area contributed by atoms with Crippen LogP contribution in [0.2, 0.25) is 0 Å². The Hall–Kier alpha value is -4.08. The van der Waals surface area contributed by atoms with Crippen molar-refractivity contribution in [1.29, 1.82) is 0 Å². The highest BCUT2D eigenvalue weighted by Gasteiger charge is 2.41. The maximum absolute atomic E-state index is 13.9. The van der Waals surface area contributed by atoms with Gasteiger partial charge in [-0.15, -0.1) is 0 Å². The number of nitrogens with zero attached hydrogens (tertiary/aromatic N) is 2. The third-order valence-electron chi connectivity index (χ3n) is 7.61. The molecule has 4 amide bonds. The number of carbonyl (C=O) groups is 4. The van der Waals surface area contributed by atoms with Crippen molar-refractivity contribution in [1.82, 2.24) is 20.4 Å². The first-order chi connectivity index (χ1) is 20.7. The molecular weight excluding hydrogens is 560 g/mol. The van der Waals surface area contributed by atoms with Gasteiger partial charge in [-0.1, -0.05) is 60.7 Å². The van der Waals surface area contributed by atoms with E-state index < -0.39 is 47.6 Å². The summed E-state index contributed by atoms with van der Waals surface area (Å²) in [5.41, 5.74) is 0.187. The molecule has 0 spiro atoms. The van der Waals surface area contributed by atoms with Gasteiger partial charge < -0.3 is 20.1 Å². The van der Waals surface area contributed by atoms with E-state index in [1.54, 1.807) is 41.5 Å². The number of benzene rings is 2. The van der Waals surface area contributed by atoms with Crippen LogP contribution < -0.4 is 10.6 Å². The van der Waals surface area contributed by atoms with Gasteiger partial charge in [0.25, 0.3) is 0 Å². The van der Waals surface area contributed by atoms with E-state index in [1.165, 1.54) is 9.80 Å². The summed E-state index contributed by atoms with van der Waals surface area (Å²) in [6, 6.07) is 16.1. The predicted molar refractivity (Wildman–Crippen MR) is 167 cm³/mol. The predicted octanol–water partition coefficient (Wildman–Crippen LogP) is 5.50. The maximum Gasteiger partial charge on any atom is 0.410 e. The summed E-state index contributed by atoms with van der Waals surface area (Å²) in [5.74, 6) is -0.651. The molecule has 4 rings (SSSR count). The minimum absolute atomic E-state index is 0.325. The molecule has 238 valence electrons. The van der Waals surface area contributed by atoms with E-state index in [1.807, 2.05) is 60.7 Å². The van der Waals surface area contributed by atoms with Gasteiger partial charge >= 0.3 is 12.2 Å². The highest BCUT2D eigenvalue weighted by molar-refractivity contribution is 5.88. The van der Waals surface area contributed by atoms with Gasteiger partial charge in [-0.05, 0) is 78.4 Å². The Morgan fingerprint density at radius 2 is 0.977 bits per heavy atom. The number of nitrogens with one attached hydrogen (secondary N) is 2. The lowest BCUT2D eigenvalue weighted by molar-refractivity contribution is -0.129. The zero-order valence-corrected chi connectivity index (χ0v) is 26.7. The topological polar surface area (TPSA) is 117 Å². The molecule has 0 aromatic heterocycles. The first kappa shape index (κ1) is 32.8. The third kappa shape index (κ3) is 8.51. The molecule has 2 saturated heterocycles. The maximum atomic E-state index is 13.9. The molecule has 2 aromatic rings. The van der Waals surface area contributed by atoms with Crippen LogP contribution in [0.1, 0.15) is 90.4 Å². The summed E-state index contributed by atoms with van der Waals surface area (Å²) < 4.78 is 11.2. The molecule has 2 fully saturated rings. The van der Waals surface area contributed by atoms with Crippen molar-refractivity contribution in [3.05, 3.63) is 71.8 Å². The first-order valence-electron chi connectivity index (χ1n) is 15.4. The van der Waals surface area contributed by atoms with Crippen LogP contribution in [0.25, 0.3) is 0 Å². The fraction of sp³-hybridized carbons (Fsp3) is 0.529. The van der Waals surface area contributed by atoms with Crippen molar-refractivity contribution in [2.24, 2.45) is 0 Å². The van der Waals surface area contributed by atoms with E-state index in [4.69, 9.17) is 9.47 Å². The van der Waals surface area contributed by atoms with E-state index in [0.29, 0.717) is 38.8 Å². The molecule has 0 saturated carbocycles. The Morgan fingerprint density at radius 1 is 0.636 bits per heavy atom. The number of ether oxygens (including phenoxy) is 2. The lowest BCUT2D eigenvalue weighted by Gasteiger charge is -2.34. The van der Waals surface area contributed by atoms with Crippen molar-refractivity contribution in [2.45, 2.75) is 103 Å². The summed E-state index contributed by atoms with van der Waals surface area (Å²) in [4.78, 5) is 56.8. The van der Waals surface area contributed by atoms with Crippen LogP contribution in [0.5, 0.6) is 0 Å². The molecule has 2 aromatic carbocycles. The van der Waals surface area contributed by atoms with Gasteiger partial charge in [0, 0.05) is 13.1 Å². The quantitative estimate of drug-likeness (QED) is 0.430. The average Bonchev–Trinajstić information content (AvgIpc) is 3.65. The van der Waals surface area contributed by atoms with Crippen LogP contribution >= 0.6 is 0 Å². The zero-order chi connectivity index (χ0) is 32.1. The number of hydrogen-bond donors (Lipinski definition) is 2.